The molecule has 1 aromatic rings. The standard InChI is InChI=1S/C13H25N3S/c1-10(2)8-11-12(9-14-3)17-13(15-11)6-7-16(4)5/h10,14H,6-9H2,1-5H3. The van der Waals surface area contributed by atoms with E-state index < -0.39 is 0 Å². The van der Waals surface area contributed by atoms with Gasteiger partial charge in [-0.1, -0.05) is 13.8 Å². The van der Waals surface area contributed by atoms with Crippen molar-refractivity contribution in [2.24, 2.45) is 5.92 Å². The predicted molar refractivity (Wildman–Crippen MR) is 75.7 cm³/mol. The normalized spacial score (nSPS) is 11.7. The summed E-state index contributed by atoms with van der Waals surface area (Å²) in [5.74, 6) is 0.675. The molecule has 0 unspecified atom stereocenters. The first-order valence-electron chi connectivity index (χ1n) is 6.29. The van der Waals surface area contributed by atoms with Crippen molar-refractivity contribution >= 4 is 11.3 Å². The summed E-state index contributed by atoms with van der Waals surface area (Å²) >= 11 is 1.87. The molecule has 0 saturated carbocycles. The van der Waals surface area contributed by atoms with Gasteiger partial charge in [-0.2, -0.15) is 0 Å². The van der Waals surface area contributed by atoms with E-state index in [1.54, 1.807) is 0 Å². The molecule has 0 amide bonds. The van der Waals surface area contributed by atoms with Crippen molar-refractivity contribution in [1.29, 1.82) is 0 Å². The van der Waals surface area contributed by atoms with Crippen LogP contribution in [-0.4, -0.2) is 37.6 Å². The van der Waals surface area contributed by atoms with E-state index in [1.165, 1.54) is 15.6 Å². The molecule has 0 aliphatic carbocycles. The molecule has 0 atom stereocenters. The minimum atomic E-state index is 0.675. The third kappa shape index (κ3) is 5.15. The fraction of sp³-hybridized carbons (Fsp3) is 0.769. The average Bonchev–Trinajstić information content (AvgIpc) is 2.58. The van der Waals surface area contributed by atoms with Gasteiger partial charge >= 0.3 is 0 Å². The summed E-state index contributed by atoms with van der Waals surface area (Å²) in [5.41, 5.74) is 1.30. The molecule has 0 aliphatic rings. The van der Waals surface area contributed by atoms with E-state index >= 15 is 0 Å². The first-order chi connectivity index (χ1) is 8.02. The largest absolute Gasteiger partial charge is 0.315 e. The Morgan fingerprint density at radius 2 is 2.06 bits per heavy atom. The molecular weight excluding hydrogens is 230 g/mol. The third-order valence-corrected chi connectivity index (χ3v) is 3.69. The topological polar surface area (TPSA) is 28.2 Å². The molecule has 0 radical (unpaired) electrons. The van der Waals surface area contributed by atoms with Gasteiger partial charge in [0.05, 0.1) is 10.7 Å². The fourth-order valence-electron chi connectivity index (χ4n) is 1.71. The number of hydrogen-bond donors (Lipinski definition) is 1. The van der Waals surface area contributed by atoms with Crippen molar-refractivity contribution in [1.82, 2.24) is 15.2 Å². The molecule has 1 rings (SSSR count). The monoisotopic (exact) mass is 255 g/mol. The van der Waals surface area contributed by atoms with Gasteiger partial charge in [0.1, 0.15) is 0 Å². The minimum absolute atomic E-state index is 0.675. The van der Waals surface area contributed by atoms with Gasteiger partial charge in [0, 0.05) is 24.4 Å². The summed E-state index contributed by atoms with van der Waals surface area (Å²) in [7, 11) is 6.21. The SMILES string of the molecule is CNCc1sc(CCN(C)C)nc1CC(C)C. The van der Waals surface area contributed by atoms with Crippen LogP contribution in [-0.2, 0) is 19.4 Å². The maximum Gasteiger partial charge on any atom is 0.0944 e. The molecule has 0 aromatic carbocycles. The van der Waals surface area contributed by atoms with Gasteiger partial charge in [-0.3, -0.25) is 0 Å². The van der Waals surface area contributed by atoms with E-state index in [9.17, 15) is 0 Å². The Morgan fingerprint density at radius 1 is 1.35 bits per heavy atom. The molecule has 98 valence electrons. The van der Waals surface area contributed by atoms with Crippen molar-refractivity contribution in [3.05, 3.63) is 15.6 Å². The van der Waals surface area contributed by atoms with Crippen LogP contribution < -0.4 is 5.32 Å². The molecule has 0 aliphatic heterocycles. The van der Waals surface area contributed by atoms with Crippen molar-refractivity contribution < 1.29 is 0 Å². The summed E-state index contributed by atoms with van der Waals surface area (Å²) in [4.78, 5) is 8.41. The summed E-state index contributed by atoms with van der Waals surface area (Å²) in [5, 5.41) is 4.51. The predicted octanol–water partition coefficient (Wildman–Crippen LogP) is 2.17. The van der Waals surface area contributed by atoms with Crippen molar-refractivity contribution in [2.75, 3.05) is 27.7 Å². The number of rotatable bonds is 7. The second kappa shape index (κ2) is 7.09. The zero-order valence-corrected chi connectivity index (χ0v) is 12.5. The van der Waals surface area contributed by atoms with E-state index in [1.807, 2.05) is 18.4 Å². The molecule has 0 saturated heterocycles. The van der Waals surface area contributed by atoms with Crippen LogP contribution in [0.4, 0.5) is 0 Å². The van der Waals surface area contributed by atoms with E-state index in [2.05, 4.69) is 38.2 Å². The summed E-state index contributed by atoms with van der Waals surface area (Å²) in [6.07, 6.45) is 2.15. The minimum Gasteiger partial charge on any atom is -0.315 e. The molecule has 17 heavy (non-hydrogen) atoms. The van der Waals surface area contributed by atoms with Crippen molar-refractivity contribution in [2.45, 2.75) is 33.2 Å². The quantitative estimate of drug-likeness (QED) is 0.809. The Labute approximate surface area is 109 Å². The van der Waals surface area contributed by atoms with Gasteiger partial charge in [-0.05, 0) is 33.5 Å². The lowest BCUT2D eigenvalue weighted by molar-refractivity contribution is 0.413. The van der Waals surface area contributed by atoms with Crippen LogP contribution in [0.15, 0.2) is 0 Å². The molecule has 1 N–H and O–H groups in total. The van der Waals surface area contributed by atoms with Gasteiger partial charge in [0.2, 0.25) is 0 Å². The van der Waals surface area contributed by atoms with Gasteiger partial charge < -0.3 is 10.2 Å². The first kappa shape index (κ1) is 14.6. The zero-order chi connectivity index (χ0) is 12.8. The van der Waals surface area contributed by atoms with Crippen LogP contribution in [0.1, 0.15) is 29.4 Å². The number of nitrogens with one attached hydrogen (secondary N) is 1. The van der Waals surface area contributed by atoms with Gasteiger partial charge in [-0.25, -0.2) is 4.98 Å². The first-order valence-corrected chi connectivity index (χ1v) is 7.11. The summed E-state index contributed by atoms with van der Waals surface area (Å²) in [6, 6.07) is 0. The van der Waals surface area contributed by atoms with Crippen LogP contribution in [0, 0.1) is 5.92 Å². The van der Waals surface area contributed by atoms with Gasteiger partial charge in [0.25, 0.3) is 0 Å². The lowest BCUT2D eigenvalue weighted by Gasteiger charge is -2.06. The molecule has 1 heterocycles. The number of thiazole rings is 1. The summed E-state index contributed by atoms with van der Waals surface area (Å²) < 4.78 is 0. The van der Waals surface area contributed by atoms with Crippen molar-refractivity contribution in [3.63, 3.8) is 0 Å². The lowest BCUT2D eigenvalue weighted by atomic mass is 10.1. The zero-order valence-electron chi connectivity index (χ0n) is 11.7. The molecule has 0 fully saturated rings. The molecule has 0 spiro atoms. The second-order valence-electron chi connectivity index (χ2n) is 5.16. The highest BCUT2D eigenvalue weighted by Gasteiger charge is 2.12. The molecule has 4 heteroatoms. The Bertz CT molecular complexity index is 331. The molecule has 0 bridgehead atoms. The maximum absolute atomic E-state index is 4.79. The highest BCUT2D eigenvalue weighted by Crippen LogP contribution is 2.21. The van der Waals surface area contributed by atoms with E-state index in [-0.39, 0.29) is 0 Å². The fourth-order valence-corrected chi connectivity index (χ4v) is 2.80. The third-order valence-electron chi connectivity index (χ3n) is 2.53. The summed E-state index contributed by atoms with van der Waals surface area (Å²) in [6.45, 7) is 6.53. The Balaban J connectivity index is 2.72. The van der Waals surface area contributed by atoms with Gasteiger partial charge in [0.15, 0.2) is 0 Å². The van der Waals surface area contributed by atoms with Crippen LogP contribution in [0.5, 0.6) is 0 Å². The Hall–Kier alpha value is -0.450. The lowest BCUT2D eigenvalue weighted by Crippen LogP contribution is -2.14. The number of hydrogen-bond acceptors (Lipinski definition) is 4. The van der Waals surface area contributed by atoms with Crippen molar-refractivity contribution in [3.8, 4) is 0 Å². The molecule has 1 aromatic heterocycles. The van der Waals surface area contributed by atoms with Crippen LogP contribution >= 0.6 is 11.3 Å². The number of nitrogens with zero attached hydrogens (tertiary/aromatic N) is 2. The molecule has 3 nitrogen and oxygen atoms in total. The van der Waals surface area contributed by atoms with Gasteiger partial charge in [-0.15, -0.1) is 11.3 Å². The maximum atomic E-state index is 4.79. The Morgan fingerprint density at radius 3 is 2.59 bits per heavy atom. The highest BCUT2D eigenvalue weighted by atomic mass is 32.1. The molecular formula is C13H25N3S. The van der Waals surface area contributed by atoms with Crippen LogP contribution in [0.25, 0.3) is 0 Å². The van der Waals surface area contributed by atoms with E-state index in [0.717, 1.165) is 25.9 Å². The second-order valence-corrected chi connectivity index (χ2v) is 6.33. The smallest absolute Gasteiger partial charge is 0.0944 e. The number of aromatic nitrogens is 1. The highest BCUT2D eigenvalue weighted by molar-refractivity contribution is 7.11. The number of likely N-dealkylation sites (N-methyl/N-ethyl adjacent to an activating group) is 1. The average molecular weight is 255 g/mol. The van der Waals surface area contributed by atoms with Crippen LogP contribution in [0.3, 0.4) is 0 Å². The Kier molecular flexibility index (Phi) is 6.09. The van der Waals surface area contributed by atoms with Crippen LogP contribution in [0.2, 0.25) is 0 Å². The van der Waals surface area contributed by atoms with E-state index in [0.29, 0.717) is 5.92 Å². The van der Waals surface area contributed by atoms with E-state index in [4.69, 9.17) is 4.98 Å².